The molecule has 2 fully saturated rings. The maximum absolute atomic E-state index is 13.3. The maximum Gasteiger partial charge on any atom is 0.243 e. The number of piperidine rings is 1. The van der Waals surface area contributed by atoms with Gasteiger partial charge in [-0.05, 0) is 60.4 Å². The second kappa shape index (κ2) is 11.7. The molecule has 0 aliphatic carbocycles. The van der Waals surface area contributed by atoms with Gasteiger partial charge in [-0.1, -0.05) is 36.4 Å². The zero-order valence-electron chi connectivity index (χ0n) is 21.9. The monoisotopic (exact) mass is 592 g/mol. The van der Waals surface area contributed by atoms with Crippen molar-refractivity contribution in [3.05, 3.63) is 66.7 Å². The summed E-state index contributed by atoms with van der Waals surface area (Å²) in [6.07, 6.45) is 1.00. The minimum atomic E-state index is -4.00. The highest BCUT2D eigenvalue weighted by atomic mass is 32.2. The number of hydrogen-bond acceptors (Lipinski definition) is 8. The molecule has 0 saturated carbocycles. The molecule has 12 heteroatoms. The number of aliphatic hydroxyl groups excluding tert-OH is 1. The number of sulfonamides is 1. The molecule has 9 nitrogen and oxygen atoms in total. The molecule has 2 atom stereocenters. The summed E-state index contributed by atoms with van der Waals surface area (Å²) in [6.45, 7) is 1.35. The fraction of sp³-hybridized carbons (Fsp3) is 0.429. The number of alkyl halides is 1. The Bertz CT molecular complexity index is 1560. The average Bonchev–Trinajstić information content (AvgIpc) is 3.37. The minimum Gasteiger partial charge on any atom is -0.491 e. The second-order valence-electron chi connectivity index (χ2n) is 10.4. The van der Waals surface area contributed by atoms with Crippen LogP contribution in [0.2, 0.25) is 0 Å². The largest absolute Gasteiger partial charge is 0.491 e. The fourth-order valence-corrected chi connectivity index (χ4v) is 7.49. The van der Waals surface area contributed by atoms with Gasteiger partial charge in [-0.2, -0.15) is 4.31 Å². The molecule has 3 aromatic rings. The lowest BCUT2D eigenvalue weighted by atomic mass is 9.88. The molecule has 2 saturated heterocycles. The summed E-state index contributed by atoms with van der Waals surface area (Å²) in [5.41, 5.74) is -0.406. The molecule has 2 aliphatic rings. The number of benzene rings is 3. The SMILES string of the molecule is O=S(=O)(CF)c1cccc(OCC(O)CNC2COC3(CCN(S(=O)(=O)c4ccc5ccccc5c4)CC3)C2)c1. The molecule has 2 unspecified atom stereocenters. The summed E-state index contributed by atoms with van der Waals surface area (Å²) in [5, 5.41) is 15.5. The maximum atomic E-state index is 13.3. The summed E-state index contributed by atoms with van der Waals surface area (Å²) in [7, 11) is -7.61. The number of nitrogens with one attached hydrogen (secondary N) is 1. The zero-order valence-corrected chi connectivity index (χ0v) is 23.5. The normalized spacial score (nSPS) is 20.6. The van der Waals surface area contributed by atoms with Crippen molar-refractivity contribution in [1.29, 1.82) is 0 Å². The predicted molar refractivity (Wildman–Crippen MR) is 148 cm³/mol. The third-order valence-electron chi connectivity index (χ3n) is 7.59. The lowest BCUT2D eigenvalue weighted by molar-refractivity contribution is -0.0312. The van der Waals surface area contributed by atoms with Crippen LogP contribution >= 0.6 is 0 Å². The summed E-state index contributed by atoms with van der Waals surface area (Å²) in [6, 6.07) is 16.9. The Hall–Kier alpha value is -2.61. The summed E-state index contributed by atoms with van der Waals surface area (Å²) >= 11 is 0. The first-order valence-electron chi connectivity index (χ1n) is 13.2. The molecule has 40 heavy (non-hydrogen) atoms. The number of ether oxygens (including phenoxy) is 2. The zero-order chi connectivity index (χ0) is 28.4. The Morgan fingerprint density at radius 3 is 2.50 bits per heavy atom. The van der Waals surface area contributed by atoms with E-state index in [1.165, 1.54) is 22.5 Å². The molecule has 2 heterocycles. The third kappa shape index (κ3) is 6.32. The molecule has 0 aromatic heterocycles. The molecule has 0 radical (unpaired) electrons. The van der Waals surface area contributed by atoms with Gasteiger partial charge in [0.05, 0.1) is 22.0 Å². The van der Waals surface area contributed by atoms with Gasteiger partial charge in [-0.15, -0.1) is 0 Å². The van der Waals surface area contributed by atoms with Crippen LogP contribution < -0.4 is 10.1 Å². The standard InChI is InChI=1S/C28H33FN2O7S2/c29-20-39(33,34)26-7-3-6-25(15-26)37-19-24(32)17-30-23-16-28(38-18-23)10-12-31(13-11-28)40(35,36)27-9-8-21-4-1-2-5-22(21)14-27/h1-9,14-15,23-24,30,32H,10-13,16-20H2. The molecular formula is C28H33FN2O7S2. The Morgan fingerprint density at radius 2 is 1.75 bits per heavy atom. The van der Waals surface area contributed by atoms with Crippen LogP contribution in [0, 0.1) is 0 Å². The topological polar surface area (TPSA) is 122 Å². The summed E-state index contributed by atoms with van der Waals surface area (Å²) in [4.78, 5) is 0.116. The smallest absolute Gasteiger partial charge is 0.243 e. The van der Waals surface area contributed by atoms with Crippen molar-refractivity contribution in [1.82, 2.24) is 9.62 Å². The Kier molecular flexibility index (Phi) is 8.46. The van der Waals surface area contributed by atoms with Crippen LogP contribution in [0.3, 0.4) is 0 Å². The average molecular weight is 593 g/mol. The van der Waals surface area contributed by atoms with Crippen LogP contribution in [0.15, 0.2) is 76.5 Å². The molecule has 216 valence electrons. The van der Waals surface area contributed by atoms with Gasteiger partial charge in [0.15, 0.2) is 6.01 Å². The van der Waals surface area contributed by atoms with Gasteiger partial charge in [-0.3, -0.25) is 0 Å². The van der Waals surface area contributed by atoms with Crippen LogP contribution in [0.5, 0.6) is 5.75 Å². The number of hydrogen-bond donors (Lipinski definition) is 2. The lowest BCUT2D eigenvalue weighted by Gasteiger charge is -2.38. The molecule has 5 rings (SSSR count). The minimum absolute atomic E-state index is 0.00341. The highest BCUT2D eigenvalue weighted by Gasteiger charge is 2.44. The number of rotatable bonds is 10. The summed E-state index contributed by atoms with van der Waals surface area (Å²) in [5.74, 6) is 0.224. The van der Waals surface area contributed by atoms with Gasteiger partial charge in [0.2, 0.25) is 19.9 Å². The van der Waals surface area contributed by atoms with E-state index < -0.39 is 37.6 Å². The van der Waals surface area contributed by atoms with Crippen LogP contribution in [0.25, 0.3) is 10.8 Å². The number of aliphatic hydroxyl groups is 1. The molecule has 3 aromatic carbocycles. The van der Waals surface area contributed by atoms with E-state index >= 15 is 0 Å². The Balaban J connectivity index is 1.09. The molecular weight excluding hydrogens is 559 g/mol. The molecule has 0 amide bonds. The van der Waals surface area contributed by atoms with E-state index in [9.17, 15) is 26.3 Å². The van der Waals surface area contributed by atoms with Gasteiger partial charge in [0, 0.05) is 25.7 Å². The van der Waals surface area contributed by atoms with Gasteiger partial charge in [0.25, 0.3) is 0 Å². The summed E-state index contributed by atoms with van der Waals surface area (Å²) < 4.78 is 76.0. The number of fused-ring (bicyclic) bond motifs is 1. The molecule has 2 aliphatic heterocycles. The van der Waals surface area contributed by atoms with Crippen LogP contribution in [-0.2, 0) is 24.6 Å². The number of halogens is 1. The van der Waals surface area contributed by atoms with Crippen LogP contribution in [-0.4, -0.2) is 82.8 Å². The first kappa shape index (κ1) is 28.9. The Labute approximate surface area is 233 Å². The van der Waals surface area contributed by atoms with Crippen LogP contribution in [0.1, 0.15) is 19.3 Å². The van der Waals surface area contributed by atoms with Gasteiger partial charge < -0.3 is 19.9 Å². The van der Waals surface area contributed by atoms with Crippen molar-refractivity contribution in [3.8, 4) is 5.75 Å². The third-order valence-corrected chi connectivity index (χ3v) is 10.7. The van der Waals surface area contributed by atoms with Crippen molar-refractivity contribution in [2.75, 3.05) is 38.9 Å². The molecule has 2 N–H and O–H groups in total. The molecule has 0 bridgehead atoms. The van der Waals surface area contributed by atoms with Crippen molar-refractivity contribution in [2.45, 2.75) is 46.8 Å². The van der Waals surface area contributed by atoms with E-state index in [-0.39, 0.29) is 29.8 Å². The van der Waals surface area contributed by atoms with E-state index in [4.69, 9.17) is 9.47 Å². The fourth-order valence-electron chi connectivity index (χ4n) is 5.31. The highest BCUT2D eigenvalue weighted by Crippen LogP contribution is 2.37. The highest BCUT2D eigenvalue weighted by molar-refractivity contribution is 7.91. The van der Waals surface area contributed by atoms with Crippen molar-refractivity contribution in [2.24, 2.45) is 0 Å². The van der Waals surface area contributed by atoms with E-state index in [1.807, 2.05) is 30.3 Å². The first-order valence-corrected chi connectivity index (χ1v) is 16.3. The van der Waals surface area contributed by atoms with Crippen LogP contribution in [0.4, 0.5) is 4.39 Å². The quantitative estimate of drug-likeness (QED) is 0.369. The van der Waals surface area contributed by atoms with Crippen molar-refractivity contribution < 1.29 is 35.8 Å². The van der Waals surface area contributed by atoms with Crippen molar-refractivity contribution >= 4 is 30.6 Å². The van der Waals surface area contributed by atoms with Crippen molar-refractivity contribution in [3.63, 3.8) is 0 Å². The van der Waals surface area contributed by atoms with E-state index in [1.54, 1.807) is 18.2 Å². The van der Waals surface area contributed by atoms with Gasteiger partial charge in [0.1, 0.15) is 18.5 Å². The van der Waals surface area contributed by atoms with Gasteiger partial charge in [-0.25, -0.2) is 21.2 Å². The lowest BCUT2D eigenvalue weighted by Crippen LogP contribution is -2.47. The second-order valence-corrected chi connectivity index (χ2v) is 14.2. The predicted octanol–water partition coefficient (Wildman–Crippen LogP) is 2.88. The number of sulfone groups is 1. The van der Waals surface area contributed by atoms with Gasteiger partial charge >= 0.3 is 0 Å². The number of nitrogens with zero attached hydrogens (tertiary/aromatic N) is 1. The first-order chi connectivity index (χ1) is 19.1. The van der Waals surface area contributed by atoms with E-state index in [2.05, 4.69) is 5.32 Å². The Morgan fingerprint density at radius 1 is 1.00 bits per heavy atom. The van der Waals surface area contributed by atoms with E-state index in [0.717, 1.165) is 10.8 Å². The van der Waals surface area contributed by atoms with E-state index in [0.29, 0.717) is 43.9 Å². The molecule has 1 spiro atoms.